The Morgan fingerprint density at radius 2 is 1.88 bits per heavy atom. The third-order valence-electron chi connectivity index (χ3n) is 5.39. The molecule has 3 aliphatic heterocycles. The molecule has 3 heterocycles. The molecular formula is C19H23NO4S. The average molecular weight is 361 g/mol. The summed E-state index contributed by atoms with van der Waals surface area (Å²) in [7, 11) is -3.78. The van der Waals surface area contributed by atoms with Gasteiger partial charge in [0.25, 0.3) is 0 Å². The van der Waals surface area contributed by atoms with Gasteiger partial charge < -0.3 is 4.74 Å². The Morgan fingerprint density at radius 1 is 1.20 bits per heavy atom. The highest BCUT2D eigenvalue weighted by molar-refractivity contribution is 7.89. The van der Waals surface area contributed by atoms with E-state index in [1.165, 1.54) is 4.31 Å². The van der Waals surface area contributed by atoms with Gasteiger partial charge in [-0.3, -0.25) is 4.79 Å². The van der Waals surface area contributed by atoms with Gasteiger partial charge in [0, 0.05) is 13.0 Å². The number of nitrogens with zero attached hydrogens (tertiary/aromatic N) is 1. The zero-order valence-corrected chi connectivity index (χ0v) is 15.5. The van der Waals surface area contributed by atoms with E-state index in [9.17, 15) is 13.2 Å². The lowest BCUT2D eigenvalue weighted by Gasteiger charge is -2.53. The van der Waals surface area contributed by atoms with Crippen molar-refractivity contribution in [2.45, 2.75) is 56.3 Å². The smallest absolute Gasteiger partial charge is 0.243 e. The first-order valence-corrected chi connectivity index (χ1v) is 10.1. The molecule has 134 valence electrons. The van der Waals surface area contributed by atoms with Crippen LogP contribution in [0.2, 0.25) is 0 Å². The Morgan fingerprint density at radius 3 is 2.56 bits per heavy atom. The van der Waals surface area contributed by atoms with Gasteiger partial charge in [-0.1, -0.05) is 43.7 Å². The van der Waals surface area contributed by atoms with Crippen molar-refractivity contribution in [3.8, 4) is 0 Å². The van der Waals surface area contributed by atoms with Crippen LogP contribution in [-0.2, 0) is 19.6 Å². The number of ether oxygens (including phenoxy) is 1. The molecule has 5 nitrogen and oxygen atoms in total. The van der Waals surface area contributed by atoms with Gasteiger partial charge in [-0.15, -0.1) is 0 Å². The molecule has 0 amide bonds. The second-order valence-corrected chi connectivity index (χ2v) is 10.1. The second-order valence-electron chi connectivity index (χ2n) is 8.25. The fourth-order valence-electron chi connectivity index (χ4n) is 4.47. The number of hydrogen-bond donors (Lipinski definition) is 0. The van der Waals surface area contributed by atoms with Crippen LogP contribution in [0.1, 0.15) is 32.3 Å². The van der Waals surface area contributed by atoms with Crippen molar-refractivity contribution < 1.29 is 17.9 Å². The fourth-order valence-corrected chi connectivity index (χ4v) is 6.31. The summed E-state index contributed by atoms with van der Waals surface area (Å²) in [4.78, 5) is 13.0. The molecule has 0 N–H and O–H groups in total. The predicted octanol–water partition coefficient (Wildman–Crippen LogP) is 2.45. The van der Waals surface area contributed by atoms with Crippen LogP contribution in [0.15, 0.2) is 41.3 Å². The highest BCUT2D eigenvalue weighted by Gasteiger charge is 2.61. The zero-order chi connectivity index (χ0) is 18.0. The standard InChI is InChI=1S/C19H23NO4S/c1-13-4-6-15(7-5-13)25(22,23)20-12-18(2,3)11-19-9-8-14(24-19)10-16(21)17(19)20/h4-9,14,17H,10-12H2,1-3H3/t14-,17?,19-/m0/s1. The van der Waals surface area contributed by atoms with Crippen LogP contribution in [-0.4, -0.2) is 42.8 Å². The van der Waals surface area contributed by atoms with Crippen LogP contribution in [0.3, 0.4) is 0 Å². The van der Waals surface area contributed by atoms with E-state index in [0.717, 1.165) is 5.56 Å². The van der Waals surface area contributed by atoms with E-state index in [0.29, 0.717) is 13.0 Å². The second kappa shape index (κ2) is 5.25. The normalized spacial score (nSPS) is 34.1. The van der Waals surface area contributed by atoms with Crippen molar-refractivity contribution in [2.75, 3.05) is 6.54 Å². The Labute approximate surface area is 148 Å². The van der Waals surface area contributed by atoms with Crippen molar-refractivity contribution in [3.63, 3.8) is 0 Å². The number of Topliss-reactive ketones (excluding diaryl/α,β-unsaturated/α-hetero) is 1. The summed E-state index contributed by atoms with van der Waals surface area (Å²) < 4.78 is 34.2. The molecule has 4 rings (SSSR count). The van der Waals surface area contributed by atoms with Gasteiger partial charge in [-0.25, -0.2) is 8.42 Å². The molecule has 0 aromatic heterocycles. The SMILES string of the molecule is Cc1ccc(S(=O)(=O)N2CC(C)(C)C[C@@]34C=C[C@@H](CC(=O)C23)O4)cc1. The van der Waals surface area contributed by atoms with Gasteiger partial charge in [-0.2, -0.15) is 4.31 Å². The van der Waals surface area contributed by atoms with Crippen molar-refractivity contribution in [1.82, 2.24) is 4.31 Å². The van der Waals surface area contributed by atoms with E-state index in [1.807, 2.05) is 32.9 Å². The summed E-state index contributed by atoms with van der Waals surface area (Å²) in [6.07, 6.45) is 4.50. The van der Waals surface area contributed by atoms with E-state index in [4.69, 9.17) is 4.74 Å². The molecule has 2 saturated heterocycles. The molecule has 0 radical (unpaired) electrons. The van der Waals surface area contributed by atoms with Crippen LogP contribution in [0.25, 0.3) is 0 Å². The molecule has 1 aromatic carbocycles. The first kappa shape index (κ1) is 16.9. The lowest BCUT2D eigenvalue weighted by atomic mass is 9.71. The summed E-state index contributed by atoms with van der Waals surface area (Å²) in [6, 6.07) is 6.01. The number of fused-ring (bicyclic) bond motifs is 1. The Balaban J connectivity index is 1.83. The molecule has 6 heteroatoms. The average Bonchev–Trinajstić information content (AvgIpc) is 2.82. The van der Waals surface area contributed by atoms with Crippen LogP contribution in [0.5, 0.6) is 0 Å². The molecule has 3 atom stereocenters. The monoisotopic (exact) mass is 361 g/mol. The lowest BCUT2D eigenvalue weighted by molar-refractivity contribution is -0.165. The highest BCUT2D eigenvalue weighted by Crippen LogP contribution is 2.49. The van der Waals surface area contributed by atoms with Gasteiger partial charge >= 0.3 is 0 Å². The first-order chi connectivity index (χ1) is 11.6. The molecule has 1 unspecified atom stereocenters. The third-order valence-corrected chi connectivity index (χ3v) is 7.21. The van der Waals surface area contributed by atoms with Crippen molar-refractivity contribution in [3.05, 3.63) is 42.0 Å². The van der Waals surface area contributed by atoms with Crippen LogP contribution >= 0.6 is 0 Å². The van der Waals surface area contributed by atoms with Crippen LogP contribution in [0, 0.1) is 12.3 Å². The minimum absolute atomic E-state index is 0.0487. The fraction of sp³-hybridized carbons (Fsp3) is 0.526. The van der Waals surface area contributed by atoms with Gasteiger partial charge in [0.1, 0.15) is 11.6 Å². The molecule has 3 aliphatic rings. The maximum absolute atomic E-state index is 13.4. The number of ketones is 1. The number of hydrogen-bond acceptors (Lipinski definition) is 4. The summed E-state index contributed by atoms with van der Waals surface area (Å²) >= 11 is 0. The summed E-state index contributed by atoms with van der Waals surface area (Å²) in [5.74, 6) is -0.0487. The maximum Gasteiger partial charge on any atom is 0.243 e. The third kappa shape index (κ3) is 2.58. The molecular weight excluding hydrogens is 338 g/mol. The predicted molar refractivity (Wildman–Crippen MR) is 93.6 cm³/mol. The van der Waals surface area contributed by atoms with Gasteiger partial charge in [0.05, 0.1) is 11.0 Å². The molecule has 2 bridgehead atoms. The minimum Gasteiger partial charge on any atom is -0.361 e. The molecule has 25 heavy (non-hydrogen) atoms. The Kier molecular flexibility index (Phi) is 3.56. The number of piperidine rings is 1. The Hall–Kier alpha value is -1.50. The minimum atomic E-state index is -3.78. The van der Waals surface area contributed by atoms with Gasteiger partial charge in [0.2, 0.25) is 10.0 Å². The number of rotatable bonds is 2. The number of sulfonamides is 1. The summed E-state index contributed by atoms with van der Waals surface area (Å²) in [5, 5.41) is 0. The quantitative estimate of drug-likeness (QED) is 0.759. The topological polar surface area (TPSA) is 63.7 Å². The van der Waals surface area contributed by atoms with Crippen molar-refractivity contribution in [2.24, 2.45) is 5.41 Å². The summed E-state index contributed by atoms with van der Waals surface area (Å²) in [5.41, 5.74) is -0.127. The molecule has 1 aromatic rings. The van der Waals surface area contributed by atoms with E-state index in [-0.39, 0.29) is 28.6 Å². The zero-order valence-electron chi connectivity index (χ0n) is 14.7. The number of benzene rings is 1. The number of carbonyl (C=O) groups excluding carboxylic acids is 1. The number of aryl methyl sites for hydroxylation is 1. The van der Waals surface area contributed by atoms with Crippen LogP contribution in [0.4, 0.5) is 0 Å². The molecule has 0 saturated carbocycles. The maximum atomic E-state index is 13.4. The Bertz CT molecular complexity index is 856. The molecule has 0 aliphatic carbocycles. The van der Waals surface area contributed by atoms with Crippen molar-refractivity contribution in [1.29, 1.82) is 0 Å². The van der Waals surface area contributed by atoms with E-state index in [2.05, 4.69) is 0 Å². The largest absolute Gasteiger partial charge is 0.361 e. The first-order valence-electron chi connectivity index (χ1n) is 8.61. The lowest BCUT2D eigenvalue weighted by Crippen LogP contribution is -2.67. The van der Waals surface area contributed by atoms with Gasteiger partial charge in [0.15, 0.2) is 5.78 Å². The van der Waals surface area contributed by atoms with Gasteiger partial charge in [-0.05, 0) is 30.9 Å². The summed E-state index contributed by atoms with van der Waals surface area (Å²) in [6.45, 7) is 6.28. The van der Waals surface area contributed by atoms with E-state index in [1.54, 1.807) is 24.3 Å². The highest BCUT2D eigenvalue weighted by atomic mass is 32.2. The van der Waals surface area contributed by atoms with Crippen LogP contribution < -0.4 is 0 Å². The number of carbonyl (C=O) groups is 1. The van der Waals surface area contributed by atoms with E-state index >= 15 is 0 Å². The molecule has 1 spiro atoms. The van der Waals surface area contributed by atoms with E-state index < -0.39 is 21.7 Å². The van der Waals surface area contributed by atoms with Crippen molar-refractivity contribution >= 4 is 15.8 Å². The molecule has 2 fully saturated rings.